The molecule has 0 saturated heterocycles. The smallest absolute Gasteiger partial charge is 0.196 e. The minimum Gasteiger partial charge on any atom is -0.366 e. The molecule has 0 saturated carbocycles. The van der Waals surface area contributed by atoms with Gasteiger partial charge in [-0.15, -0.1) is 0 Å². The molecule has 0 bridgehead atoms. The van der Waals surface area contributed by atoms with E-state index in [1.54, 1.807) is 0 Å². The Morgan fingerprint density at radius 3 is 2.24 bits per heavy atom. The first-order valence-corrected chi connectivity index (χ1v) is 7.56. The number of benzene rings is 2. The van der Waals surface area contributed by atoms with Gasteiger partial charge < -0.3 is 4.74 Å². The second-order valence-electron chi connectivity index (χ2n) is 5.06. The molecule has 110 valence electrons. The first-order valence-electron chi connectivity index (χ1n) is 7.56. The Labute approximate surface area is 126 Å². The number of hydrogen-bond donors (Lipinski definition) is 0. The number of Topliss-reactive ketones (excluding diaryl/α,β-unsaturated/α-hetero) is 1. The lowest BCUT2D eigenvalue weighted by Gasteiger charge is -2.16. The van der Waals surface area contributed by atoms with E-state index in [0.717, 1.165) is 18.4 Å². The topological polar surface area (TPSA) is 26.3 Å². The first kappa shape index (κ1) is 15.5. The monoisotopic (exact) mass is 282 g/mol. The predicted molar refractivity (Wildman–Crippen MR) is 85.6 cm³/mol. The van der Waals surface area contributed by atoms with Crippen molar-refractivity contribution in [1.29, 1.82) is 0 Å². The third-order valence-electron chi connectivity index (χ3n) is 3.45. The van der Waals surface area contributed by atoms with Crippen molar-refractivity contribution in [2.75, 3.05) is 6.61 Å². The molecule has 2 aromatic rings. The maximum Gasteiger partial charge on any atom is 0.196 e. The third kappa shape index (κ3) is 4.02. The van der Waals surface area contributed by atoms with Gasteiger partial charge in [0.15, 0.2) is 5.78 Å². The van der Waals surface area contributed by atoms with E-state index in [0.29, 0.717) is 12.2 Å². The molecule has 21 heavy (non-hydrogen) atoms. The molecule has 0 aromatic heterocycles. The Kier molecular flexibility index (Phi) is 5.70. The molecule has 0 N–H and O–H groups in total. The zero-order chi connectivity index (χ0) is 15.1. The molecule has 0 fully saturated rings. The van der Waals surface area contributed by atoms with Crippen LogP contribution in [-0.2, 0) is 11.2 Å². The van der Waals surface area contributed by atoms with E-state index in [-0.39, 0.29) is 5.78 Å². The van der Waals surface area contributed by atoms with Crippen LogP contribution < -0.4 is 0 Å². The molecule has 2 aromatic carbocycles. The van der Waals surface area contributed by atoms with Gasteiger partial charge in [0.25, 0.3) is 0 Å². The van der Waals surface area contributed by atoms with Gasteiger partial charge in [-0.05, 0) is 24.5 Å². The summed E-state index contributed by atoms with van der Waals surface area (Å²) >= 11 is 0. The van der Waals surface area contributed by atoms with E-state index in [4.69, 9.17) is 4.74 Å². The summed E-state index contributed by atoms with van der Waals surface area (Å²) in [6, 6.07) is 17.5. The second kappa shape index (κ2) is 7.75. The Hall–Kier alpha value is -1.93. The highest BCUT2D eigenvalue weighted by Crippen LogP contribution is 2.22. The van der Waals surface area contributed by atoms with Gasteiger partial charge in [0, 0.05) is 12.2 Å². The van der Waals surface area contributed by atoms with E-state index < -0.39 is 6.10 Å². The van der Waals surface area contributed by atoms with Crippen molar-refractivity contribution >= 4 is 5.78 Å². The van der Waals surface area contributed by atoms with Gasteiger partial charge in [0.2, 0.25) is 0 Å². The third-order valence-corrected chi connectivity index (χ3v) is 3.45. The van der Waals surface area contributed by atoms with Crippen molar-refractivity contribution in [3.8, 4) is 0 Å². The van der Waals surface area contributed by atoms with Crippen molar-refractivity contribution in [2.45, 2.75) is 32.8 Å². The number of carbonyl (C=O) groups excluding carboxylic acids is 1. The summed E-state index contributed by atoms with van der Waals surface area (Å²) < 4.78 is 5.67. The highest BCUT2D eigenvalue weighted by molar-refractivity contribution is 6.00. The van der Waals surface area contributed by atoms with Crippen molar-refractivity contribution in [2.24, 2.45) is 0 Å². The number of rotatable bonds is 7. The van der Waals surface area contributed by atoms with E-state index in [1.165, 1.54) is 5.56 Å². The van der Waals surface area contributed by atoms with Gasteiger partial charge in [-0.3, -0.25) is 4.79 Å². The minimum absolute atomic E-state index is 0.0195. The number of hydrogen-bond acceptors (Lipinski definition) is 2. The minimum atomic E-state index is -0.520. The molecule has 0 heterocycles. The van der Waals surface area contributed by atoms with Crippen molar-refractivity contribution in [3.05, 3.63) is 71.3 Å². The quantitative estimate of drug-likeness (QED) is 0.694. The summed E-state index contributed by atoms with van der Waals surface area (Å²) in [5.74, 6) is 0.0195. The molecule has 1 unspecified atom stereocenters. The summed E-state index contributed by atoms with van der Waals surface area (Å²) in [5, 5.41) is 0. The van der Waals surface area contributed by atoms with Crippen LogP contribution in [0.25, 0.3) is 0 Å². The first-order chi connectivity index (χ1) is 10.3. The molecule has 2 nitrogen and oxygen atoms in total. The lowest BCUT2D eigenvalue weighted by molar-refractivity contribution is 0.0452. The van der Waals surface area contributed by atoms with Crippen LogP contribution in [0.2, 0.25) is 0 Å². The molecule has 0 amide bonds. The van der Waals surface area contributed by atoms with Crippen LogP contribution in [0.4, 0.5) is 0 Å². The Morgan fingerprint density at radius 2 is 1.67 bits per heavy atom. The van der Waals surface area contributed by atoms with Gasteiger partial charge in [-0.1, -0.05) is 67.9 Å². The van der Waals surface area contributed by atoms with E-state index >= 15 is 0 Å². The van der Waals surface area contributed by atoms with Crippen LogP contribution in [0.1, 0.15) is 47.9 Å². The predicted octanol–water partition coefficient (Wildman–Crippen LogP) is 4.60. The fraction of sp³-hybridized carbons (Fsp3) is 0.316. The van der Waals surface area contributed by atoms with Gasteiger partial charge >= 0.3 is 0 Å². The summed E-state index contributed by atoms with van der Waals surface area (Å²) in [4.78, 5) is 12.7. The molecular weight excluding hydrogens is 260 g/mol. The maximum atomic E-state index is 12.7. The number of carbonyl (C=O) groups is 1. The number of aryl methyl sites for hydroxylation is 1. The highest BCUT2D eigenvalue weighted by Gasteiger charge is 2.22. The van der Waals surface area contributed by atoms with Gasteiger partial charge in [0.1, 0.15) is 6.10 Å². The number of ether oxygens (including phenoxy) is 1. The summed E-state index contributed by atoms with van der Waals surface area (Å²) in [6.07, 6.45) is 1.63. The van der Waals surface area contributed by atoms with Gasteiger partial charge in [-0.25, -0.2) is 0 Å². The Balaban J connectivity index is 2.22. The van der Waals surface area contributed by atoms with Crippen LogP contribution >= 0.6 is 0 Å². The van der Waals surface area contributed by atoms with Crippen LogP contribution in [0, 0.1) is 0 Å². The molecule has 2 heteroatoms. The van der Waals surface area contributed by atoms with E-state index in [2.05, 4.69) is 6.92 Å². The Morgan fingerprint density at radius 1 is 1.00 bits per heavy atom. The average molecular weight is 282 g/mol. The van der Waals surface area contributed by atoms with Gasteiger partial charge in [0.05, 0.1) is 0 Å². The lowest BCUT2D eigenvalue weighted by Crippen LogP contribution is -2.16. The van der Waals surface area contributed by atoms with Crippen LogP contribution in [-0.4, -0.2) is 12.4 Å². The summed E-state index contributed by atoms with van der Waals surface area (Å²) in [5.41, 5.74) is 2.88. The Bertz CT molecular complexity index is 558. The fourth-order valence-corrected chi connectivity index (χ4v) is 2.39. The SMILES string of the molecule is CCCc1ccc(C(=O)C(OCC)c2ccccc2)cc1. The van der Waals surface area contributed by atoms with Crippen LogP contribution in [0.3, 0.4) is 0 Å². The van der Waals surface area contributed by atoms with Crippen LogP contribution in [0.15, 0.2) is 54.6 Å². The normalized spacial score (nSPS) is 12.1. The molecule has 0 aliphatic carbocycles. The molecule has 2 rings (SSSR count). The standard InChI is InChI=1S/C19H22O2/c1-3-8-15-11-13-16(14-12-15)18(20)19(21-4-2)17-9-6-5-7-10-17/h5-7,9-14,19H,3-4,8H2,1-2H3. The maximum absolute atomic E-state index is 12.7. The molecule has 0 radical (unpaired) electrons. The van der Waals surface area contributed by atoms with Crippen molar-refractivity contribution in [3.63, 3.8) is 0 Å². The highest BCUT2D eigenvalue weighted by atomic mass is 16.5. The second-order valence-corrected chi connectivity index (χ2v) is 5.06. The zero-order valence-corrected chi connectivity index (χ0v) is 12.7. The molecule has 0 aliphatic rings. The lowest BCUT2D eigenvalue weighted by atomic mass is 9.98. The van der Waals surface area contributed by atoms with E-state index in [9.17, 15) is 4.79 Å². The van der Waals surface area contributed by atoms with Crippen molar-refractivity contribution < 1.29 is 9.53 Å². The molecule has 0 aliphatic heterocycles. The van der Waals surface area contributed by atoms with Crippen LogP contribution in [0.5, 0.6) is 0 Å². The van der Waals surface area contributed by atoms with E-state index in [1.807, 2.05) is 61.5 Å². The summed E-state index contributed by atoms with van der Waals surface area (Å²) in [7, 11) is 0. The molecule has 1 atom stereocenters. The summed E-state index contributed by atoms with van der Waals surface area (Å²) in [6.45, 7) is 4.58. The number of ketones is 1. The molecule has 0 spiro atoms. The molecular formula is C19H22O2. The fourth-order valence-electron chi connectivity index (χ4n) is 2.39. The van der Waals surface area contributed by atoms with Gasteiger partial charge in [-0.2, -0.15) is 0 Å². The largest absolute Gasteiger partial charge is 0.366 e. The van der Waals surface area contributed by atoms with Crippen molar-refractivity contribution in [1.82, 2.24) is 0 Å². The zero-order valence-electron chi connectivity index (χ0n) is 12.7. The average Bonchev–Trinajstić information content (AvgIpc) is 2.54.